The summed E-state index contributed by atoms with van der Waals surface area (Å²) < 4.78 is 6.40. The highest BCUT2D eigenvalue weighted by atomic mass is 79.9. The van der Waals surface area contributed by atoms with Crippen molar-refractivity contribution in [3.8, 4) is 5.75 Å². The van der Waals surface area contributed by atoms with Crippen LogP contribution in [0.2, 0.25) is 0 Å². The standard InChI is InChI=1S/C15H20BrNO4/c1-3-4-5-13(15(19)20)17-14(18)10(2)21-12-8-6-11(16)7-9-12/h6-10,13H,3-5H2,1-2H3,(H,17,18)(H,19,20)/t10?,13-/m0/s1. The van der Waals surface area contributed by atoms with Gasteiger partial charge in [0.05, 0.1) is 0 Å². The Morgan fingerprint density at radius 3 is 2.48 bits per heavy atom. The van der Waals surface area contributed by atoms with Gasteiger partial charge in [-0.2, -0.15) is 0 Å². The highest BCUT2D eigenvalue weighted by Crippen LogP contribution is 2.17. The van der Waals surface area contributed by atoms with E-state index in [9.17, 15) is 9.59 Å². The molecule has 0 heterocycles. The van der Waals surface area contributed by atoms with Gasteiger partial charge in [-0.25, -0.2) is 4.79 Å². The third-order valence-electron chi connectivity index (χ3n) is 2.96. The lowest BCUT2D eigenvalue weighted by molar-refractivity contribution is -0.143. The molecule has 1 unspecified atom stereocenters. The fraction of sp³-hybridized carbons (Fsp3) is 0.467. The number of hydrogen-bond acceptors (Lipinski definition) is 3. The summed E-state index contributed by atoms with van der Waals surface area (Å²) in [5, 5.41) is 11.6. The van der Waals surface area contributed by atoms with Crippen molar-refractivity contribution in [2.45, 2.75) is 45.3 Å². The fourth-order valence-electron chi connectivity index (χ4n) is 1.73. The maximum atomic E-state index is 12.0. The number of aliphatic carboxylic acids is 1. The van der Waals surface area contributed by atoms with Crippen LogP contribution in [-0.2, 0) is 9.59 Å². The van der Waals surface area contributed by atoms with E-state index in [4.69, 9.17) is 9.84 Å². The third kappa shape index (κ3) is 6.16. The van der Waals surface area contributed by atoms with E-state index in [2.05, 4.69) is 21.2 Å². The largest absolute Gasteiger partial charge is 0.481 e. The summed E-state index contributed by atoms with van der Waals surface area (Å²) in [6, 6.07) is 6.22. The number of halogens is 1. The van der Waals surface area contributed by atoms with E-state index in [1.165, 1.54) is 0 Å². The van der Waals surface area contributed by atoms with Crippen LogP contribution in [0.5, 0.6) is 5.75 Å². The second-order valence-electron chi connectivity index (χ2n) is 4.76. The van der Waals surface area contributed by atoms with Gasteiger partial charge in [-0.15, -0.1) is 0 Å². The molecule has 21 heavy (non-hydrogen) atoms. The predicted molar refractivity (Wildman–Crippen MR) is 83.3 cm³/mol. The van der Waals surface area contributed by atoms with Gasteiger partial charge in [-0.1, -0.05) is 35.7 Å². The van der Waals surface area contributed by atoms with Crippen molar-refractivity contribution < 1.29 is 19.4 Å². The van der Waals surface area contributed by atoms with Crippen LogP contribution in [0, 0.1) is 0 Å². The zero-order valence-corrected chi connectivity index (χ0v) is 13.7. The van der Waals surface area contributed by atoms with Gasteiger partial charge in [0.2, 0.25) is 0 Å². The van der Waals surface area contributed by atoms with Gasteiger partial charge >= 0.3 is 5.97 Å². The van der Waals surface area contributed by atoms with E-state index in [0.29, 0.717) is 12.2 Å². The summed E-state index contributed by atoms with van der Waals surface area (Å²) in [7, 11) is 0. The van der Waals surface area contributed by atoms with Crippen molar-refractivity contribution in [2.75, 3.05) is 0 Å². The number of carbonyl (C=O) groups is 2. The molecule has 2 atom stereocenters. The number of carbonyl (C=O) groups excluding carboxylic acids is 1. The first-order valence-corrected chi connectivity index (χ1v) is 7.68. The Morgan fingerprint density at radius 1 is 1.33 bits per heavy atom. The Balaban J connectivity index is 2.56. The highest BCUT2D eigenvalue weighted by molar-refractivity contribution is 9.10. The minimum atomic E-state index is -1.02. The molecule has 2 N–H and O–H groups in total. The van der Waals surface area contributed by atoms with Gasteiger partial charge in [0.15, 0.2) is 6.10 Å². The topological polar surface area (TPSA) is 75.6 Å². The van der Waals surface area contributed by atoms with Crippen LogP contribution in [0.4, 0.5) is 0 Å². The lowest BCUT2D eigenvalue weighted by atomic mass is 10.1. The number of ether oxygens (including phenoxy) is 1. The molecule has 0 radical (unpaired) electrons. The first-order valence-electron chi connectivity index (χ1n) is 6.89. The number of unbranched alkanes of at least 4 members (excludes halogenated alkanes) is 1. The van der Waals surface area contributed by atoms with Gasteiger partial charge in [-0.3, -0.25) is 4.79 Å². The molecule has 6 heteroatoms. The Labute approximate surface area is 132 Å². The molecular formula is C15H20BrNO4. The van der Waals surface area contributed by atoms with Crippen LogP contribution in [0.15, 0.2) is 28.7 Å². The maximum Gasteiger partial charge on any atom is 0.326 e. The fourth-order valence-corrected chi connectivity index (χ4v) is 1.99. The van der Waals surface area contributed by atoms with Gasteiger partial charge in [-0.05, 0) is 37.6 Å². The Hall–Kier alpha value is -1.56. The van der Waals surface area contributed by atoms with Crippen LogP contribution < -0.4 is 10.1 Å². The molecule has 5 nitrogen and oxygen atoms in total. The Bertz CT molecular complexity index is 475. The van der Waals surface area contributed by atoms with E-state index in [0.717, 1.165) is 17.3 Å². The Morgan fingerprint density at radius 2 is 1.95 bits per heavy atom. The molecule has 0 aromatic heterocycles. The van der Waals surface area contributed by atoms with Gasteiger partial charge in [0, 0.05) is 4.47 Å². The van der Waals surface area contributed by atoms with Crippen molar-refractivity contribution in [2.24, 2.45) is 0 Å². The average Bonchev–Trinajstić information content (AvgIpc) is 2.45. The summed E-state index contributed by atoms with van der Waals surface area (Å²) in [4.78, 5) is 23.1. The molecule has 1 rings (SSSR count). The number of carboxylic acids is 1. The summed E-state index contributed by atoms with van der Waals surface area (Å²) in [6.45, 7) is 3.57. The predicted octanol–water partition coefficient (Wildman–Crippen LogP) is 2.98. The lowest BCUT2D eigenvalue weighted by Crippen LogP contribution is -2.46. The second-order valence-corrected chi connectivity index (χ2v) is 5.67. The van der Waals surface area contributed by atoms with Gasteiger partial charge in [0.25, 0.3) is 5.91 Å². The monoisotopic (exact) mass is 357 g/mol. The molecule has 0 saturated heterocycles. The van der Waals surface area contributed by atoms with Gasteiger partial charge < -0.3 is 15.2 Å². The van der Waals surface area contributed by atoms with E-state index >= 15 is 0 Å². The molecule has 0 aliphatic rings. The average molecular weight is 358 g/mol. The molecule has 116 valence electrons. The normalized spacial score (nSPS) is 13.3. The zero-order chi connectivity index (χ0) is 15.8. The van der Waals surface area contributed by atoms with E-state index in [1.54, 1.807) is 31.2 Å². The number of amides is 1. The summed E-state index contributed by atoms with van der Waals surface area (Å²) in [5.74, 6) is -0.893. The van der Waals surface area contributed by atoms with Crippen LogP contribution in [-0.4, -0.2) is 29.1 Å². The van der Waals surface area contributed by atoms with Crippen molar-refractivity contribution in [3.05, 3.63) is 28.7 Å². The number of carboxylic acid groups (broad SMARTS) is 1. The number of rotatable bonds is 8. The van der Waals surface area contributed by atoms with E-state index in [-0.39, 0.29) is 0 Å². The van der Waals surface area contributed by atoms with Crippen molar-refractivity contribution in [3.63, 3.8) is 0 Å². The molecule has 1 amide bonds. The van der Waals surface area contributed by atoms with Gasteiger partial charge in [0.1, 0.15) is 11.8 Å². The number of hydrogen-bond donors (Lipinski definition) is 2. The maximum absolute atomic E-state index is 12.0. The molecule has 0 fully saturated rings. The summed E-state index contributed by atoms with van der Waals surface area (Å²) in [6.07, 6.45) is 1.29. The minimum absolute atomic E-state index is 0.419. The summed E-state index contributed by atoms with van der Waals surface area (Å²) in [5.41, 5.74) is 0. The summed E-state index contributed by atoms with van der Waals surface area (Å²) >= 11 is 3.31. The smallest absolute Gasteiger partial charge is 0.326 e. The zero-order valence-electron chi connectivity index (χ0n) is 12.1. The first-order chi connectivity index (χ1) is 9.93. The molecule has 0 aliphatic carbocycles. The Kier molecular flexibility index (Phi) is 7.22. The van der Waals surface area contributed by atoms with Crippen LogP contribution >= 0.6 is 15.9 Å². The lowest BCUT2D eigenvalue weighted by Gasteiger charge is -2.18. The van der Waals surface area contributed by atoms with E-state index < -0.39 is 24.0 Å². The first kappa shape index (κ1) is 17.5. The number of benzene rings is 1. The third-order valence-corrected chi connectivity index (χ3v) is 3.49. The minimum Gasteiger partial charge on any atom is -0.481 e. The van der Waals surface area contributed by atoms with Crippen LogP contribution in [0.3, 0.4) is 0 Å². The van der Waals surface area contributed by atoms with E-state index in [1.807, 2.05) is 6.92 Å². The molecule has 1 aromatic rings. The molecular weight excluding hydrogens is 338 g/mol. The highest BCUT2D eigenvalue weighted by Gasteiger charge is 2.23. The second kappa shape index (κ2) is 8.67. The van der Waals surface area contributed by atoms with Crippen LogP contribution in [0.25, 0.3) is 0 Å². The van der Waals surface area contributed by atoms with Crippen molar-refractivity contribution in [1.82, 2.24) is 5.32 Å². The molecule has 1 aromatic carbocycles. The van der Waals surface area contributed by atoms with Crippen molar-refractivity contribution in [1.29, 1.82) is 0 Å². The van der Waals surface area contributed by atoms with Crippen molar-refractivity contribution >= 4 is 27.8 Å². The van der Waals surface area contributed by atoms with Crippen LogP contribution in [0.1, 0.15) is 33.1 Å². The molecule has 0 saturated carbocycles. The quantitative estimate of drug-likeness (QED) is 0.749. The SMILES string of the molecule is CCCC[C@H](NC(=O)C(C)Oc1ccc(Br)cc1)C(=O)O. The molecule has 0 aliphatic heterocycles. The molecule has 0 spiro atoms. The number of nitrogens with one attached hydrogen (secondary N) is 1. The molecule has 0 bridgehead atoms.